The van der Waals surface area contributed by atoms with Gasteiger partial charge in [0.05, 0.1) is 11.1 Å². The number of sulfone groups is 1. The van der Waals surface area contributed by atoms with Gasteiger partial charge in [0.1, 0.15) is 10.7 Å². The van der Waals surface area contributed by atoms with Crippen LogP contribution in [-0.2, 0) is 9.84 Å². The van der Waals surface area contributed by atoms with Gasteiger partial charge in [0.2, 0.25) is 15.8 Å². The van der Waals surface area contributed by atoms with Crippen LogP contribution < -0.4 is 15.5 Å². The van der Waals surface area contributed by atoms with Crippen LogP contribution in [-0.4, -0.2) is 44.6 Å². The molecule has 0 radical (unpaired) electrons. The second-order valence-electron chi connectivity index (χ2n) is 7.19. The van der Waals surface area contributed by atoms with E-state index in [1.54, 1.807) is 18.2 Å². The third kappa shape index (κ3) is 4.06. The Hall–Kier alpha value is -2.84. The fourth-order valence-electron chi connectivity index (χ4n) is 3.48. The molecule has 2 aromatic carbocycles. The Bertz CT molecular complexity index is 1180. The maximum Gasteiger partial charge on any atom is 0.227 e. The fourth-order valence-corrected chi connectivity index (χ4v) is 5.03. The monoisotopic (exact) mass is 443 g/mol. The average molecular weight is 444 g/mol. The third-order valence-electron chi connectivity index (χ3n) is 5.10. The van der Waals surface area contributed by atoms with Gasteiger partial charge >= 0.3 is 0 Å². The molecule has 1 saturated heterocycles. The van der Waals surface area contributed by atoms with Crippen molar-refractivity contribution in [2.45, 2.75) is 16.7 Å². The molecule has 4 rings (SSSR count). The minimum absolute atomic E-state index is 0.0428. The highest BCUT2D eigenvalue weighted by atomic mass is 35.5. The molecule has 2 heterocycles. The van der Waals surface area contributed by atoms with Gasteiger partial charge in [-0.25, -0.2) is 13.4 Å². The van der Waals surface area contributed by atoms with Gasteiger partial charge in [-0.15, -0.1) is 0 Å². The van der Waals surface area contributed by atoms with Crippen LogP contribution in [0.5, 0.6) is 0 Å². The van der Waals surface area contributed by atoms with Gasteiger partial charge in [0.25, 0.3) is 0 Å². The van der Waals surface area contributed by atoms with Crippen molar-refractivity contribution >= 4 is 38.9 Å². The summed E-state index contributed by atoms with van der Waals surface area (Å²) in [6.07, 6.45) is 1.30. The zero-order chi connectivity index (χ0) is 21.3. The molecular weight excluding hydrogens is 422 g/mol. The Kier molecular flexibility index (Phi) is 5.53. The predicted molar refractivity (Wildman–Crippen MR) is 119 cm³/mol. The molecule has 0 bridgehead atoms. The molecule has 1 aromatic heterocycles. The van der Waals surface area contributed by atoms with E-state index in [1.165, 1.54) is 6.20 Å². The maximum atomic E-state index is 12.9. The Labute approximate surface area is 181 Å². The first-order valence-corrected chi connectivity index (χ1v) is 11.4. The summed E-state index contributed by atoms with van der Waals surface area (Å²) < 4.78 is 25.9. The second kappa shape index (κ2) is 8.12. The zero-order valence-electron chi connectivity index (χ0n) is 16.5. The Morgan fingerprint density at radius 3 is 2.37 bits per heavy atom. The molecule has 2 N–H and O–H groups in total. The predicted octanol–water partition coefficient (Wildman–Crippen LogP) is 3.18. The lowest BCUT2D eigenvalue weighted by Gasteiger charge is -2.36. The standard InChI is InChI=1S/C21H22ClN5O2S/c1-15-4-2-7-18(12-15)30(28,29)19-14-24-21(25-20(19)23)27-10-8-26(9-11-27)17-6-3-5-16(22)13-17/h2-7,12-14H,8-11H2,1H3,(H2,23,24,25). The van der Waals surface area contributed by atoms with Crippen molar-refractivity contribution in [1.82, 2.24) is 9.97 Å². The highest BCUT2D eigenvalue weighted by Crippen LogP contribution is 2.27. The van der Waals surface area contributed by atoms with E-state index >= 15 is 0 Å². The first kappa shape index (κ1) is 20.4. The van der Waals surface area contributed by atoms with Crippen LogP contribution in [0.2, 0.25) is 5.02 Å². The van der Waals surface area contributed by atoms with Crippen LogP contribution in [0.3, 0.4) is 0 Å². The Balaban J connectivity index is 1.52. The van der Waals surface area contributed by atoms with Gasteiger partial charge in [-0.1, -0.05) is 29.8 Å². The molecule has 0 aliphatic carbocycles. The summed E-state index contributed by atoms with van der Waals surface area (Å²) in [6.45, 7) is 4.76. The first-order chi connectivity index (χ1) is 14.3. The van der Waals surface area contributed by atoms with Crippen molar-refractivity contribution in [2.75, 3.05) is 41.7 Å². The van der Waals surface area contributed by atoms with Crippen molar-refractivity contribution in [3.8, 4) is 0 Å². The molecule has 0 unspecified atom stereocenters. The zero-order valence-corrected chi connectivity index (χ0v) is 18.1. The lowest BCUT2D eigenvalue weighted by molar-refractivity contribution is 0.595. The third-order valence-corrected chi connectivity index (χ3v) is 7.10. The summed E-state index contributed by atoms with van der Waals surface area (Å²) in [6, 6.07) is 14.4. The van der Waals surface area contributed by atoms with Crippen molar-refractivity contribution < 1.29 is 8.42 Å². The first-order valence-electron chi connectivity index (χ1n) is 9.54. The van der Waals surface area contributed by atoms with Crippen molar-refractivity contribution in [3.63, 3.8) is 0 Å². The summed E-state index contributed by atoms with van der Waals surface area (Å²) >= 11 is 6.09. The molecule has 0 saturated carbocycles. The quantitative estimate of drug-likeness (QED) is 0.661. The topological polar surface area (TPSA) is 92.4 Å². The molecule has 0 atom stereocenters. The number of aryl methyl sites for hydroxylation is 1. The van der Waals surface area contributed by atoms with E-state index in [0.717, 1.165) is 24.3 Å². The number of piperazine rings is 1. The van der Waals surface area contributed by atoms with Gasteiger partial charge in [-0.3, -0.25) is 0 Å². The number of nitrogens with two attached hydrogens (primary N) is 1. The second-order valence-corrected chi connectivity index (χ2v) is 9.55. The summed E-state index contributed by atoms with van der Waals surface area (Å²) in [5.74, 6) is 0.389. The summed E-state index contributed by atoms with van der Waals surface area (Å²) in [5, 5.41) is 0.705. The van der Waals surface area contributed by atoms with Crippen LogP contribution in [0, 0.1) is 6.92 Å². The number of anilines is 3. The Morgan fingerprint density at radius 2 is 1.70 bits per heavy atom. The number of benzene rings is 2. The van der Waals surface area contributed by atoms with Crippen LogP contribution in [0.15, 0.2) is 64.5 Å². The van der Waals surface area contributed by atoms with E-state index in [9.17, 15) is 8.42 Å². The SMILES string of the molecule is Cc1cccc(S(=O)(=O)c2cnc(N3CCN(c4cccc(Cl)c4)CC3)nc2N)c1. The Morgan fingerprint density at radius 1 is 1.00 bits per heavy atom. The largest absolute Gasteiger partial charge is 0.382 e. The molecule has 7 nitrogen and oxygen atoms in total. The number of hydrogen-bond donors (Lipinski definition) is 1. The molecule has 30 heavy (non-hydrogen) atoms. The molecule has 1 aliphatic rings. The summed E-state index contributed by atoms with van der Waals surface area (Å²) in [5.41, 5.74) is 7.97. The van der Waals surface area contributed by atoms with Crippen molar-refractivity contribution in [1.29, 1.82) is 0 Å². The molecule has 0 amide bonds. The number of nitrogens with zero attached hydrogens (tertiary/aromatic N) is 4. The number of aromatic nitrogens is 2. The minimum atomic E-state index is -3.78. The molecule has 156 valence electrons. The van der Waals surface area contributed by atoms with E-state index in [2.05, 4.69) is 14.9 Å². The molecule has 9 heteroatoms. The smallest absolute Gasteiger partial charge is 0.227 e. The molecule has 1 fully saturated rings. The molecule has 1 aliphatic heterocycles. The number of halogens is 1. The minimum Gasteiger partial charge on any atom is -0.382 e. The van der Waals surface area contributed by atoms with E-state index in [-0.39, 0.29) is 15.6 Å². The highest BCUT2D eigenvalue weighted by Gasteiger charge is 2.25. The van der Waals surface area contributed by atoms with Gasteiger partial charge < -0.3 is 15.5 Å². The summed E-state index contributed by atoms with van der Waals surface area (Å²) in [4.78, 5) is 12.9. The van der Waals surface area contributed by atoms with Gasteiger partial charge in [0.15, 0.2) is 0 Å². The number of nitrogen functional groups attached to an aromatic ring is 1. The highest BCUT2D eigenvalue weighted by molar-refractivity contribution is 7.91. The van der Waals surface area contributed by atoms with E-state index < -0.39 is 9.84 Å². The van der Waals surface area contributed by atoms with Gasteiger partial charge in [-0.2, -0.15) is 4.98 Å². The lowest BCUT2D eigenvalue weighted by atomic mass is 10.2. The number of rotatable bonds is 4. The normalized spacial score (nSPS) is 14.7. The fraction of sp³-hybridized carbons (Fsp3) is 0.238. The molecule has 3 aromatic rings. The number of hydrogen-bond acceptors (Lipinski definition) is 7. The van der Waals surface area contributed by atoms with Crippen LogP contribution >= 0.6 is 11.6 Å². The maximum absolute atomic E-state index is 12.9. The molecule has 0 spiro atoms. The van der Waals surface area contributed by atoms with Crippen LogP contribution in [0.25, 0.3) is 0 Å². The average Bonchev–Trinajstić information content (AvgIpc) is 2.73. The van der Waals surface area contributed by atoms with Crippen LogP contribution in [0.4, 0.5) is 17.5 Å². The van der Waals surface area contributed by atoms with Crippen LogP contribution in [0.1, 0.15) is 5.56 Å². The van der Waals surface area contributed by atoms with Crippen molar-refractivity contribution in [3.05, 3.63) is 65.3 Å². The van der Waals surface area contributed by atoms with Gasteiger partial charge in [0, 0.05) is 36.9 Å². The van der Waals surface area contributed by atoms with E-state index in [0.29, 0.717) is 24.1 Å². The van der Waals surface area contributed by atoms with E-state index in [1.807, 2.05) is 42.2 Å². The lowest BCUT2D eigenvalue weighted by Crippen LogP contribution is -2.47. The van der Waals surface area contributed by atoms with Crippen molar-refractivity contribution in [2.24, 2.45) is 0 Å². The summed E-state index contributed by atoms with van der Waals surface area (Å²) in [7, 11) is -3.78. The van der Waals surface area contributed by atoms with Gasteiger partial charge in [-0.05, 0) is 42.8 Å². The van der Waals surface area contributed by atoms with E-state index in [4.69, 9.17) is 17.3 Å². The molecular formula is C21H22ClN5O2S.